The third-order valence-corrected chi connectivity index (χ3v) is 4.23. The summed E-state index contributed by atoms with van der Waals surface area (Å²) in [4.78, 5) is 0.141. The summed E-state index contributed by atoms with van der Waals surface area (Å²) in [5.74, 6) is 0.326. The van der Waals surface area contributed by atoms with E-state index in [4.69, 9.17) is 9.47 Å². The van der Waals surface area contributed by atoms with Crippen molar-refractivity contribution in [3.05, 3.63) is 23.8 Å². The predicted molar refractivity (Wildman–Crippen MR) is 82.0 cm³/mol. The normalized spacial score (nSPS) is 11.9. The van der Waals surface area contributed by atoms with E-state index in [0.29, 0.717) is 18.9 Å². The molecule has 0 unspecified atom stereocenters. The summed E-state index contributed by atoms with van der Waals surface area (Å²) in [6, 6.07) is 5.10. The Kier molecular flexibility index (Phi) is 7.10. The van der Waals surface area contributed by atoms with Crippen LogP contribution >= 0.6 is 0 Å². The van der Waals surface area contributed by atoms with Gasteiger partial charge in [0.1, 0.15) is 10.6 Å². The largest absolute Gasteiger partial charge is 0.495 e. The number of nitrogens with one attached hydrogen (secondary N) is 2. The van der Waals surface area contributed by atoms with E-state index >= 15 is 0 Å². The Balaban J connectivity index is 2.87. The van der Waals surface area contributed by atoms with Crippen LogP contribution in [0.25, 0.3) is 0 Å². The summed E-state index contributed by atoms with van der Waals surface area (Å²) in [5.41, 5.74) is 0.872. The van der Waals surface area contributed by atoms with Crippen LogP contribution in [0.4, 0.5) is 0 Å². The van der Waals surface area contributed by atoms with Crippen molar-refractivity contribution in [1.29, 1.82) is 0 Å². The Morgan fingerprint density at radius 3 is 2.57 bits per heavy atom. The molecule has 120 valence electrons. The second kappa shape index (κ2) is 8.33. The first kappa shape index (κ1) is 17.9. The van der Waals surface area contributed by atoms with E-state index in [1.807, 2.05) is 19.9 Å². The molecule has 0 saturated heterocycles. The molecule has 0 aliphatic carbocycles. The molecule has 1 rings (SSSR count). The minimum absolute atomic E-state index is 0.0722. The molecule has 0 fully saturated rings. The van der Waals surface area contributed by atoms with Crippen molar-refractivity contribution in [1.82, 2.24) is 10.0 Å². The zero-order valence-corrected chi connectivity index (χ0v) is 13.8. The molecule has 0 radical (unpaired) electrons. The van der Waals surface area contributed by atoms with E-state index in [1.54, 1.807) is 19.2 Å². The molecule has 0 saturated carbocycles. The van der Waals surface area contributed by atoms with Gasteiger partial charge in [-0.25, -0.2) is 13.1 Å². The molecule has 21 heavy (non-hydrogen) atoms. The van der Waals surface area contributed by atoms with Crippen LogP contribution in [0.1, 0.15) is 19.4 Å². The van der Waals surface area contributed by atoms with Crippen LogP contribution in [0.3, 0.4) is 0 Å². The van der Waals surface area contributed by atoms with Crippen LogP contribution in [0.2, 0.25) is 0 Å². The minimum Gasteiger partial charge on any atom is -0.495 e. The van der Waals surface area contributed by atoms with Crippen molar-refractivity contribution >= 4 is 10.0 Å². The first-order valence-electron chi connectivity index (χ1n) is 6.83. The fraction of sp³-hybridized carbons (Fsp3) is 0.571. The van der Waals surface area contributed by atoms with Gasteiger partial charge in [0.25, 0.3) is 0 Å². The van der Waals surface area contributed by atoms with Gasteiger partial charge in [0, 0.05) is 13.1 Å². The minimum atomic E-state index is -3.62. The Morgan fingerprint density at radius 2 is 2.00 bits per heavy atom. The summed E-state index contributed by atoms with van der Waals surface area (Å²) in [5, 5.41) is 2.99. The van der Waals surface area contributed by atoms with Crippen LogP contribution in [0, 0.1) is 0 Å². The molecule has 0 spiro atoms. The molecular formula is C14H24N2O4S. The Hall–Kier alpha value is -1.15. The molecule has 0 aromatic heterocycles. The van der Waals surface area contributed by atoms with Crippen LogP contribution < -0.4 is 14.8 Å². The quantitative estimate of drug-likeness (QED) is 0.668. The van der Waals surface area contributed by atoms with Gasteiger partial charge in [-0.2, -0.15) is 0 Å². The molecule has 0 heterocycles. The zero-order valence-electron chi connectivity index (χ0n) is 13.0. The lowest BCUT2D eigenvalue weighted by molar-refractivity contribution is 0.0834. The zero-order chi connectivity index (χ0) is 15.9. The molecule has 6 nitrogen and oxygen atoms in total. The molecule has 0 aliphatic rings. The van der Waals surface area contributed by atoms with Gasteiger partial charge in [-0.3, -0.25) is 0 Å². The molecule has 0 atom stereocenters. The Labute approximate surface area is 126 Å². The van der Waals surface area contributed by atoms with Crippen LogP contribution in [0.15, 0.2) is 23.1 Å². The van der Waals surface area contributed by atoms with E-state index < -0.39 is 10.0 Å². The first-order valence-corrected chi connectivity index (χ1v) is 8.31. The number of sulfonamides is 1. The lowest BCUT2D eigenvalue weighted by atomic mass is 10.2. The number of hydrogen-bond donors (Lipinski definition) is 2. The Bertz CT molecular complexity index is 544. The molecule has 1 aromatic rings. The first-order chi connectivity index (χ1) is 9.90. The van der Waals surface area contributed by atoms with E-state index in [9.17, 15) is 8.42 Å². The van der Waals surface area contributed by atoms with Crippen molar-refractivity contribution in [2.45, 2.75) is 31.4 Å². The third-order valence-electron chi connectivity index (χ3n) is 2.74. The van der Waals surface area contributed by atoms with Gasteiger partial charge in [0.2, 0.25) is 10.0 Å². The highest BCUT2D eigenvalue weighted by atomic mass is 32.2. The van der Waals surface area contributed by atoms with Gasteiger partial charge >= 0.3 is 0 Å². The SMILES string of the molecule is CNCc1ccc(OC)c(S(=O)(=O)NCCOC(C)C)c1. The van der Waals surface area contributed by atoms with Crippen molar-refractivity contribution < 1.29 is 17.9 Å². The van der Waals surface area contributed by atoms with Crippen molar-refractivity contribution in [2.75, 3.05) is 27.3 Å². The van der Waals surface area contributed by atoms with Gasteiger partial charge in [0.15, 0.2) is 0 Å². The summed E-state index contributed by atoms with van der Waals surface area (Å²) in [6.45, 7) is 4.94. The van der Waals surface area contributed by atoms with Crippen LogP contribution in [-0.2, 0) is 21.3 Å². The average molecular weight is 316 g/mol. The van der Waals surface area contributed by atoms with Crippen LogP contribution in [0.5, 0.6) is 5.75 Å². The van der Waals surface area contributed by atoms with E-state index in [2.05, 4.69) is 10.0 Å². The van der Waals surface area contributed by atoms with Gasteiger partial charge in [-0.15, -0.1) is 0 Å². The highest BCUT2D eigenvalue weighted by Gasteiger charge is 2.19. The number of methoxy groups -OCH3 is 1. The fourth-order valence-electron chi connectivity index (χ4n) is 1.79. The molecule has 2 N–H and O–H groups in total. The van der Waals surface area contributed by atoms with Crippen molar-refractivity contribution in [2.24, 2.45) is 0 Å². The number of hydrogen-bond acceptors (Lipinski definition) is 5. The molecule has 0 amide bonds. The lowest BCUT2D eigenvalue weighted by Crippen LogP contribution is -2.28. The van der Waals surface area contributed by atoms with Gasteiger partial charge < -0.3 is 14.8 Å². The highest BCUT2D eigenvalue weighted by Crippen LogP contribution is 2.24. The van der Waals surface area contributed by atoms with Gasteiger partial charge in [-0.1, -0.05) is 6.07 Å². The van der Waals surface area contributed by atoms with Crippen molar-refractivity contribution in [3.63, 3.8) is 0 Å². The monoisotopic (exact) mass is 316 g/mol. The molecule has 0 bridgehead atoms. The standard InChI is InChI=1S/C14H24N2O4S/c1-11(2)20-8-7-16-21(17,18)14-9-12(10-15-3)5-6-13(14)19-4/h5-6,9,11,15-16H,7-8,10H2,1-4H3. The maximum Gasteiger partial charge on any atom is 0.244 e. The average Bonchev–Trinajstić information content (AvgIpc) is 2.44. The number of benzene rings is 1. The number of ether oxygens (including phenoxy) is 2. The van der Waals surface area contributed by atoms with E-state index in [0.717, 1.165) is 5.56 Å². The second-order valence-electron chi connectivity index (χ2n) is 4.83. The molecule has 1 aromatic carbocycles. The van der Waals surface area contributed by atoms with E-state index in [1.165, 1.54) is 7.11 Å². The topological polar surface area (TPSA) is 76.7 Å². The summed E-state index contributed by atoms with van der Waals surface area (Å²) >= 11 is 0. The van der Waals surface area contributed by atoms with Crippen molar-refractivity contribution in [3.8, 4) is 5.75 Å². The summed E-state index contributed by atoms with van der Waals surface area (Å²) in [7, 11) is -0.367. The fourth-order valence-corrected chi connectivity index (χ4v) is 3.02. The summed E-state index contributed by atoms with van der Waals surface area (Å²) < 4.78 is 37.7. The highest BCUT2D eigenvalue weighted by molar-refractivity contribution is 7.89. The van der Waals surface area contributed by atoms with Gasteiger partial charge in [-0.05, 0) is 38.6 Å². The smallest absolute Gasteiger partial charge is 0.244 e. The molecule has 7 heteroatoms. The van der Waals surface area contributed by atoms with E-state index in [-0.39, 0.29) is 17.5 Å². The summed E-state index contributed by atoms with van der Waals surface area (Å²) in [6.07, 6.45) is 0.0722. The predicted octanol–water partition coefficient (Wildman–Crippen LogP) is 1.12. The Morgan fingerprint density at radius 1 is 1.29 bits per heavy atom. The number of rotatable bonds is 9. The second-order valence-corrected chi connectivity index (χ2v) is 6.57. The molecule has 0 aliphatic heterocycles. The third kappa shape index (κ3) is 5.62. The maximum atomic E-state index is 12.3. The lowest BCUT2D eigenvalue weighted by Gasteiger charge is -2.13. The van der Waals surface area contributed by atoms with Crippen LogP contribution in [-0.4, -0.2) is 41.8 Å². The maximum absolute atomic E-state index is 12.3. The van der Waals surface area contributed by atoms with Gasteiger partial charge in [0.05, 0.1) is 19.8 Å². The molecular weight excluding hydrogens is 292 g/mol.